The molecule has 2 rings (SSSR count). The molecule has 0 bridgehead atoms. The number of halogens is 3. The number of hydrogen-bond donors (Lipinski definition) is 0. The molecule has 0 fully saturated rings. The first-order chi connectivity index (χ1) is 8.47. The van der Waals surface area contributed by atoms with Gasteiger partial charge in [0.2, 0.25) is 0 Å². The zero-order chi connectivity index (χ0) is 13.3. The van der Waals surface area contributed by atoms with Gasteiger partial charge in [-0.25, -0.2) is 0 Å². The van der Waals surface area contributed by atoms with Crippen LogP contribution in [0, 0.1) is 10.1 Å². The molecule has 0 N–H and O–H groups in total. The van der Waals surface area contributed by atoms with Crippen LogP contribution in [0.5, 0.6) is 0 Å². The molecule has 0 amide bonds. The summed E-state index contributed by atoms with van der Waals surface area (Å²) in [4.78, 5) is 10.1. The van der Waals surface area contributed by atoms with Crippen LogP contribution in [-0.2, 0) is 6.54 Å². The maximum Gasteiger partial charge on any atom is 0.404 e. The molecule has 1 heterocycles. The average Bonchev–Trinajstić information content (AvgIpc) is 2.64. The van der Waals surface area contributed by atoms with Crippen molar-refractivity contribution in [2.75, 3.05) is 0 Å². The summed E-state index contributed by atoms with van der Waals surface area (Å²) in [5.74, 6) is -0.222. The van der Waals surface area contributed by atoms with Gasteiger partial charge in [-0.15, -0.1) is 0 Å². The zero-order valence-corrected chi connectivity index (χ0v) is 11.9. The normalized spacial score (nSPS) is 10.6. The van der Waals surface area contributed by atoms with Gasteiger partial charge in [-0.2, -0.15) is 4.68 Å². The molecule has 0 radical (unpaired) electrons. The van der Waals surface area contributed by atoms with Crippen LogP contribution >= 0.6 is 39.1 Å². The quantitative estimate of drug-likeness (QED) is 0.622. The third-order valence-corrected chi connectivity index (χ3v) is 3.37. The molecule has 0 aliphatic rings. The topological polar surface area (TPSA) is 61.0 Å². The Morgan fingerprint density at radius 3 is 2.72 bits per heavy atom. The smallest absolute Gasteiger partial charge is 0.358 e. The lowest BCUT2D eigenvalue weighted by Crippen LogP contribution is -2.01. The fourth-order valence-corrected chi connectivity index (χ4v) is 2.34. The van der Waals surface area contributed by atoms with Gasteiger partial charge in [0.1, 0.15) is 4.47 Å². The molecule has 0 spiro atoms. The van der Waals surface area contributed by atoms with Crippen molar-refractivity contribution in [2.45, 2.75) is 6.54 Å². The Bertz CT molecular complexity index is 615. The number of nitrogens with zero attached hydrogens (tertiary/aromatic N) is 3. The van der Waals surface area contributed by atoms with Gasteiger partial charge in [-0.3, -0.25) is 0 Å². The second-order valence-electron chi connectivity index (χ2n) is 3.49. The van der Waals surface area contributed by atoms with Crippen molar-refractivity contribution >= 4 is 44.9 Å². The molecular formula is C10H6BrCl2N3O2. The van der Waals surface area contributed by atoms with Crippen LogP contribution in [0.3, 0.4) is 0 Å². The molecule has 1 aromatic carbocycles. The lowest BCUT2D eigenvalue weighted by atomic mass is 10.2. The summed E-state index contributed by atoms with van der Waals surface area (Å²) in [6.07, 6.45) is 1.53. The molecule has 2 aromatic rings. The van der Waals surface area contributed by atoms with Crippen LogP contribution in [-0.4, -0.2) is 14.7 Å². The third kappa shape index (κ3) is 2.82. The summed E-state index contributed by atoms with van der Waals surface area (Å²) in [6.45, 7) is 0.336. The highest BCUT2D eigenvalue weighted by Gasteiger charge is 2.19. The van der Waals surface area contributed by atoms with E-state index in [1.165, 1.54) is 10.9 Å². The number of hydrogen-bond acceptors (Lipinski definition) is 3. The Morgan fingerprint density at radius 2 is 2.17 bits per heavy atom. The summed E-state index contributed by atoms with van der Waals surface area (Å²) in [5, 5.41) is 15.5. The Balaban J connectivity index is 2.29. The van der Waals surface area contributed by atoms with Gasteiger partial charge < -0.3 is 10.1 Å². The summed E-state index contributed by atoms with van der Waals surface area (Å²) >= 11 is 14.9. The second kappa shape index (κ2) is 5.26. The van der Waals surface area contributed by atoms with Crippen molar-refractivity contribution in [3.63, 3.8) is 0 Å². The first-order valence-electron chi connectivity index (χ1n) is 4.78. The Labute approximate surface area is 121 Å². The number of benzene rings is 1. The molecule has 0 saturated carbocycles. The zero-order valence-electron chi connectivity index (χ0n) is 8.81. The average molecular weight is 351 g/mol. The Morgan fingerprint density at radius 1 is 1.44 bits per heavy atom. The summed E-state index contributed by atoms with van der Waals surface area (Å²) in [5.41, 5.74) is 0.783. The summed E-state index contributed by atoms with van der Waals surface area (Å²) in [7, 11) is 0. The SMILES string of the molecule is O=[N+]([O-])c1nn(Cc2ccc(Cl)cc2Cl)cc1Br. The van der Waals surface area contributed by atoms with E-state index in [4.69, 9.17) is 23.2 Å². The van der Waals surface area contributed by atoms with Gasteiger partial charge in [0.05, 0.1) is 17.8 Å². The van der Waals surface area contributed by atoms with Gasteiger partial charge >= 0.3 is 5.82 Å². The number of aromatic nitrogens is 2. The van der Waals surface area contributed by atoms with E-state index in [1.54, 1.807) is 18.2 Å². The fraction of sp³-hybridized carbons (Fsp3) is 0.100. The van der Waals surface area contributed by atoms with E-state index in [1.807, 2.05) is 0 Å². The van der Waals surface area contributed by atoms with E-state index in [9.17, 15) is 10.1 Å². The molecule has 0 atom stereocenters. The Kier molecular flexibility index (Phi) is 3.89. The van der Waals surface area contributed by atoms with Crippen LogP contribution in [0.2, 0.25) is 10.0 Å². The first kappa shape index (κ1) is 13.3. The number of rotatable bonds is 3. The van der Waals surface area contributed by atoms with Crippen molar-refractivity contribution < 1.29 is 4.92 Å². The van der Waals surface area contributed by atoms with Crippen LogP contribution in [0.4, 0.5) is 5.82 Å². The largest absolute Gasteiger partial charge is 0.404 e. The molecular weight excluding hydrogens is 345 g/mol. The van der Waals surface area contributed by atoms with E-state index in [-0.39, 0.29) is 5.82 Å². The Hall–Kier alpha value is -1.11. The van der Waals surface area contributed by atoms with E-state index >= 15 is 0 Å². The first-order valence-corrected chi connectivity index (χ1v) is 6.33. The maximum atomic E-state index is 10.7. The molecule has 18 heavy (non-hydrogen) atoms. The molecule has 8 heteroatoms. The van der Waals surface area contributed by atoms with E-state index in [2.05, 4.69) is 21.0 Å². The second-order valence-corrected chi connectivity index (χ2v) is 5.19. The van der Waals surface area contributed by atoms with Gasteiger partial charge in [0.15, 0.2) is 0 Å². The minimum atomic E-state index is -0.552. The molecule has 5 nitrogen and oxygen atoms in total. The van der Waals surface area contributed by atoms with Gasteiger partial charge in [0.25, 0.3) is 0 Å². The predicted octanol–water partition coefficient (Wildman–Crippen LogP) is 3.91. The molecule has 0 unspecified atom stereocenters. The van der Waals surface area contributed by atoms with Crippen LogP contribution in [0.15, 0.2) is 28.9 Å². The maximum absolute atomic E-state index is 10.7. The number of nitro groups is 1. The van der Waals surface area contributed by atoms with Gasteiger partial charge in [-0.05, 0) is 38.5 Å². The van der Waals surface area contributed by atoms with E-state index < -0.39 is 4.92 Å². The van der Waals surface area contributed by atoms with Crippen molar-refractivity contribution in [2.24, 2.45) is 0 Å². The lowest BCUT2D eigenvalue weighted by Gasteiger charge is -2.02. The third-order valence-electron chi connectivity index (χ3n) is 2.22. The van der Waals surface area contributed by atoms with E-state index in [0.29, 0.717) is 21.1 Å². The van der Waals surface area contributed by atoms with Gasteiger partial charge in [0, 0.05) is 10.0 Å². The minimum absolute atomic E-state index is 0.222. The van der Waals surface area contributed by atoms with Crippen molar-refractivity contribution in [1.29, 1.82) is 0 Å². The highest BCUT2D eigenvalue weighted by atomic mass is 79.9. The van der Waals surface area contributed by atoms with Crippen molar-refractivity contribution in [3.05, 3.63) is 54.6 Å². The monoisotopic (exact) mass is 349 g/mol. The summed E-state index contributed by atoms with van der Waals surface area (Å²) < 4.78 is 1.77. The van der Waals surface area contributed by atoms with Gasteiger partial charge in [-0.1, -0.05) is 29.3 Å². The fourth-order valence-electron chi connectivity index (χ4n) is 1.42. The predicted molar refractivity (Wildman–Crippen MR) is 72.1 cm³/mol. The summed E-state index contributed by atoms with van der Waals surface area (Å²) in [6, 6.07) is 5.08. The lowest BCUT2D eigenvalue weighted by molar-refractivity contribution is -0.390. The van der Waals surface area contributed by atoms with Crippen molar-refractivity contribution in [3.8, 4) is 0 Å². The van der Waals surface area contributed by atoms with E-state index in [0.717, 1.165) is 5.56 Å². The molecule has 0 aliphatic heterocycles. The highest BCUT2D eigenvalue weighted by molar-refractivity contribution is 9.10. The van der Waals surface area contributed by atoms with Crippen LogP contribution in [0.25, 0.3) is 0 Å². The standard InChI is InChI=1S/C10H6BrCl2N3O2/c11-8-5-15(14-10(8)16(17)18)4-6-1-2-7(12)3-9(6)13/h1-3,5H,4H2. The molecule has 0 aliphatic carbocycles. The molecule has 1 aromatic heterocycles. The molecule has 94 valence electrons. The highest BCUT2D eigenvalue weighted by Crippen LogP contribution is 2.25. The minimum Gasteiger partial charge on any atom is -0.358 e. The van der Waals surface area contributed by atoms with Crippen molar-refractivity contribution in [1.82, 2.24) is 9.78 Å². The van der Waals surface area contributed by atoms with Crippen LogP contribution < -0.4 is 0 Å². The molecule has 0 saturated heterocycles. The van der Waals surface area contributed by atoms with Crippen LogP contribution in [0.1, 0.15) is 5.56 Å².